The Hall–Kier alpha value is -2.63. The quantitative estimate of drug-likeness (QED) is 0.900. The molecule has 0 spiro atoms. The minimum absolute atomic E-state index is 0.0902. The molecule has 0 unspecified atom stereocenters. The summed E-state index contributed by atoms with van der Waals surface area (Å²) in [6, 6.07) is 7.27. The Morgan fingerprint density at radius 2 is 1.86 bits per heavy atom. The van der Waals surface area contributed by atoms with Gasteiger partial charge in [0, 0.05) is 11.8 Å². The summed E-state index contributed by atoms with van der Waals surface area (Å²) < 4.78 is 4.82. The number of nitrogens with zero attached hydrogens (tertiary/aromatic N) is 1. The van der Waals surface area contributed by atoms with Gasteiger partial charge in [-0.1, -0.05) is 23.4 Å². The van der Waals surface area contributed by atoms with Gasteiger partial charge in [0.05, 0.1) is 12.2 Å². The fourth-order valence-corrected chi connectivity index (χ4v) is 1.91. The number of anilines is 1. The van der Waals surface area contributed by atoms with E-state index in [1.54, 1.807) is 6.92 Å². The van der Waals surface area contributed by atoms with E-state index in [2.05, 4.69) is 15.8 Å². The zero-order chi connectivity index (χ0) is 15.4. The van der Waals surface area contributed by atoms with Crippen LogP contribution in [0.3, 0.4) is 0 Å². The van der Waals surface area contributed by atoms with Crippen LogP contribution in [-0.2, 0) is 4.79 Å². The maximum atomic E-state index is 11.9. The van der Waals surface area contributed by atoms with Gasteiger partial charge in [-0.3, -0.25) is 9.59 Å². The number of aryl methyl sites for hydroxylation is 3. The molecule has 21 heavy (non-hydrogen) atoms. The first-order valence-electron chi connectivity index (χ1n) is 6.55. The summed E-state index contributed by atoms with van der Waals surface area (Å²) in [5.41, 5.74) is 3.33. The Balaban J connectivity index is 1.92. The highest BCUT2D eigenvalue weighted by atomic mass is 16.5. The van der Waals surface area contributed by atoms with Crippen LogP contribution in [0.1, 0.15) is 27.4 Å². The largest absolute Gasteiger partial charge is 0.351 e. The lowest BCUT2D eigenvalue weighted by Gasteiger charge is -2.11. The monoisotopic (exact) mass is 287 g/mol. The van der Waals surface area contributed by atoms with Crippen LogP contribution >= 0.6 is 0 Å². The van der Waals surface area contributed by atoms with Crippen molar-refractivity contribution in [1.29, 1.82) is 0 Å². The van der Waals surface area contributed by atoms with E-state index in [-0.39, 0.29) is 18.2 Å². The molecule has 0 aliphatic heterocycles. The van der Waals surface area contributed by atoms with Crippen LogP contribution in [0.15, 0.2) is 28.8 Å². The molecule has 110 valence electrons. The van der Waals surface area contributed by atoms with Crippen molar-refractivity contribution >= 4 is 17.5 Å². The molecule has 0 radical (unpaired) electrons. The molecule has 0 saturated heterocycles. The number of amides is 2. The Labute approximate surface area is 122 Å². The molecule has 0 fully saturated rings. The van der Waals surface area contributed by atoms with E-state index < -0.39 is 5.91 Å². The van der Waals surface area contributed by atoms with Gasteiger partial charge >= 0.3 is 0 Å². The molecule has 0 saturated carbocycles. The number of nitrogens with one attached hydrogen (secondary N) is 2. The first-order chi connectivity index (χ1) is 9.97. The lowest BCUT2D eigenvalue weighted by molar-refractivity contribution is -0.115. The van der Waals surface area contributed by atoms with Gasteiger partial charge in [-0.25, -0.2) is 0 Å². The summed E-state index contributed by atoms with van der Waals surface area (Å²) in [5.74, 6) is -0.670. The molecule has 1 aromatic carbocycles. The molecule has 1 aromatic heterocycles. The van der Waals surface area contributed by atoms with Gasteiger partial charge in [0.2, 0.25) is 11.7 Å². The Morgan fingerprint density at radius 1 is 1.19 bits per heavy atom. The van der Waals surface area contributed by atoms with Crippen molar-refractivity contribution in [3.05, 3.63) is 46.8 Å². The molecular formula is C15H17N3O3. The lowest BCUT2D eigenvalue weighted by Crippen LogP contribution is -2.33. The Kier molecular flexibility index (Phi) is 4.37. The van der Waals surface area contributed by atoms with Gasteiger partial charge in [0.15, 0.2) is 0 Å². The van der Waals surface area contributed by atoms with Crippen molar-refractivity contribution in [2.24, 2.45) is 0 Å². The van der Waals surface area contributed by atoms with E-state index in [0.717, 1.165) is 16.8 Å². The van der Waals surface area contributed by atoms with Crippen LogP contribution in [0.2, 0.25) is 0 Å². The van der Waals surface area contributed by atoms with Gasteiger partial charge in [-0.15, -0.1) is 0 Å². The first kappa shape index (κ1) is 14.8. The van der Waals surface area contributed by atoms with E-state index in [1.807, 2.05) is 32.0 Å². The van der Waals surface area contributed by atoms with Gasteiger partial charge < -0.3 is 15.2 Å². The van der Waals surface area contributed by atoms with Crippen LogP contribution in [0.4, 0.5) is 5.69 Å². The van der Waals surface area contributed by atoms with E-state index in [9.17, 15) is 9.59 Å². The highest BCUT2D eigenvalue weighted by Gasteiger charge is 2.13. The van der Waals surface area contributed by atoms with E-state index in [1.165, 1.54) is 6.07 Å². The Bertz CT molecular complexity index is 656. The highest BCUT2D eigenvalue weighted by molar-refractivity contribution is 5.98. The number of carbonyl (C=O) groups excluding carboxylic acids is 2. The van der Waals surface area contributed by atoms with Gasteiger partial charge in [0.1, 0.15) is 0 Å². The number of rotatable bonds is 4. The van der Waals surface area contributed by atoms with Crippen molar-refractivity contribution in [3.63, 3.8) is 0 Å². The summed E-state index contributed by atoms with van der Waals surface area (Å²) >= 11 is 0. The highest BCUT2D eigenvalue weighted by Crippen LogP contribution is 2.18. The van der Waals surface area contributed by atoms with Crippen molar-refractivity contribution in [1.82, 2.24) is 10.5 Å². The molecule has 0 bridgehead atoms. The fraction of sp³-hybridized carbons (Fsp3) is 0.267. The summed E-state index contributed by atoms with van der Waals surface area (Å²) in [6.07, 6.45) is 0. The predicted octanol–water partition coefficient (Wildman–Crippen LogP) is 1.97. The average Bonchev–Trinajstić information content (AvgIpc) is 2.87. The minimum atomic E-state index is -0.466. The predicted molar refractivity (Wildman–Crippen MR) is 78.1 cm³/mol. The maximum Gasteiger partial charge on any atom is 0.290 e. The number of carbonyl (C=O) groups is 2. The van der Waals surface area contributed by atoms with Crippen molar-refractivity contribution in [3.8, 4) is 0 Å². The zero-order valence-electron chi connectivity index (χ0n) is 12.2. The summed E-state index contributed by atoms with van der Waals surface area (Å²) in [7, 11) is 0. The normalized spacial score (nSPS) is 10.2. The first-order valence-corrected chi connectivity index (χ1v) is 6.55. The number of para-hydroxylation sites is 1. The van der Waals surface area contributed by atoms with Gasteiger partial charge in [-0.2, -0.15) is 0 Å². The van der Waals surface area contributed by atoms with Crippen molar-refractivity contribution < 1.29 is 14.1 Å². The number of hydrogen-bond acceptors (Lipinski definition) is 4. The number of hydrogen-bond donors (Lipinski definition) is 2. The SMILES string of the molecule is Cc1cc(C(=O)NCC(=O)Nc2c(C)cccc2C)on1. The summed E-state index contributed by atoms with van der Waals surface area (Å²) in [5, 5.41) is 8.90. The molecular weight excluding hydrogens is 270 g/mol. The van der Waals surface area contributed by atoms with E-state index >= 15 is 0 Å². The second-order valence-electron chi connectivity index (χ2n) is 4.83. The molecule has 6 nitrogen and oxygen atoms in total. The van der Waals surface area contributed by atoms with Crippen molar-refractivity contribution in [2.75, 3.05) is 11.9 Å². The van der Waals surface area contributed by atoms with Crippen molar-refractivity contribution in [2.45, 2.75) is 20.8 Å². The summed E-state index contributed by atoms with van der Waals surface area (Å²) in [6.45, 7) is 5.41. The molecule has 6 heteroatoms. The number of benzene rings is 1. The summed E-state index contributed by atoms with van der Waals surface area (Å²) in [4.78, 5) is 23.6. The second kappa shape index (κ2) is 6.21. The molecule has 0 atom stereocenters. The smallest absolute Gasteiger partial charge is 0.290 e. The molecule has 2 N–H and O–H groups in total. The zero-order valence-corrected chi connectivity index (χ0v) is 12.2. The third kappa shape index (κ3) is 3.68. The van der Waals surface area contributed by atoms with Crippen LogP contribution in [0.5, 0.6) is 0 Å². The lowest BCUT2D eigenvalue weighted by atomic mass is 10.1. The molecule has 2 aromatic rings. The molecule has 0 aliphatic carbocycles. The van der Waals surface area contributed by atoms with Crippen LogP contribution in [-0.4, -0.2) is 23.5 Å². The Morgan fingerprint density at radius 3 is 2.43 bits per heavy atom. The van der Waals surface area contributed by atoms with E-state index in [4.69, 9.17) is 4.52 Å². The van der Waals surface area contributed by atoms with Gasteiger partial charge in [0.25, 0.3) is 5.91 Å². The third-order valence-corrected chi connectivity index (χ3v) is 3.01. The molecule has 2 rings (SSSR count). The minimum Gasteiger partial charge on any atom is -0.351 e. The standard InChI is InChI=1S/C15H17N3O3/c1-9-5-4-6-10(2)14(9)17-13(19)8-16-15(20)12-7-11(3)18-21-12/h4-7H,8H2,1-3H3,(H,16,20)(H,17,19). The van der Waals surface area contributed by atoms with Gasteiger partial charge in [-0.05, 0) is 31.9 Å². The topological polar surface area (TPSA) is 84.2 Å². The third-order valence-electron chi connectivity index (χ3n) is 3.01. The fourth-order valence-electron chi connectivity index (χ4n) is 1.91. The molecule has 1 heterocycles. The average molecular weight is 287 g/mol. The van der Waals surface area contributed by atoms with Crippen LogP contribution in [0, 0.1) is 20.8 Å². The second-order valence-corrected chi connectivity index (χ2v) is 4.83. The maximum absolute atomic E-state index is 11.9. The number of aromatic nitrogens is 1. The van der Waals surface area contributed by atoms with Crippen LogP contribution < -0.4 is 10.6 Å². The molecule has 0 aliphatic rings. The van der Waals surface area contributed by atoms with Crippen LogP contribution in [0.25, 0.3) is 0 Å². The molecule has 2 amide bonds. The van der Waals surface area contributed by atoms with E-state index in [0.29, 0.717) is 5.69 Å².